The quantitative estimate of drug-likeness (QED) is 0.780. The molecule has 0 spiro atoms. The van der Waals surface area contributed by atoms with Gasteiger partial charge in [0.2, 0.25) is 5.95 Å². The van der Waals surface area contributed by atoms with Crippen LogP contribution in [0.2, 0.25) is 0 Å². The summed E-state index contributed by atoms with van der Waals surface area (Å²) in [6, 6.07) is 7.93. The van der Waals surface area contributed by atoms with E-state index in [0.29, 0.717) is 16.7 Å². The molecule has 2 N–H and O–H groups in total. The monoisotopic (exact) mass is 303 g/mol. The SMILES string of the molecule is COc1cccc2nc(Nc3cc(F)cc(F)c3)[nH]c(=O)c12. The maximum Gasteiger partial charge on any atom is 0.263 e. The lowest BCUT2D eigenvalue weighted by molar-refractivity contribution is 0.419. The highest BCUT2D eigenvalue weighted by molar-refractivity contribution is 5.85. The van der Waals surface area contributed by atoms with Gasteiger partial charge in [-0.1, -0.05) is 6.07 Å². The molecule has 3 rings (SSSR count). The molecule has 0 radical (unpaired) electrons. The number of halogens is 2. The first kappa shape index (κ1) is 14.0. The summed E-state index contributed by atoms with van der Waals surface area (Å²) >= 11 is 0. The zero-order valence-corrected chi connectivity index (χ0v) is 11.5. The van der Waals surface area contributed by atoms with E-state index in [1.54, 1.807) is 18.2 Å². The number of aromatic amines is 1. The minimum absolute atomic E-state index is 0.0794. The molecule has 0 aliphatic carbocycles. The van der Waals surface area contributed by atoms with Crippen LogP contribution in [0.25, 0.3) is 10.9 Å². The number of fused-ring (bicyclic) bond motifs is 1. The molecule has 0 saturated heterocycles. The molecular weight excluding hydrogens is 292 g/mol. The Morgan fingerprint density at radius 1 is 1.18 bits per heavy atom. The Bertz CT molecular complexity index is 889. The van der Waals surface area contributed by atoms with Crippen molar-refractivity contribution in [1.29, 1.82) is 0 Å². The van der Waals surface area contributed by atoms with Gasteiger partial charge in [-0.05, 0) is 24.3 Å². The fourth-order valence-electron chi connectivity index (χ4n) is 2.15. The second kappa shape index (κ2) is 5.44. The first-order valence-corrected chi connectivity index (χ1v) is 6.37. The number of anilines is 2. The molecule has 0 unspecified atom stereocenters. The summed E-state index contributed by atoms with van der Waals surface area (Å²) in [7, 11) is 1.45. The van der Waals surface area contributed by atoms with Crippen molar-refractivity contribution in [3.05, 3.63) is 58.4 Å². The molecule has 0 fully saturated rings. The molecule has 7 heteroatoms. The van der Waals surface area contributed by atoms with Crippen LogP contribution in [-0.2, 0) is 0 Å². The third kappa shape index (κ3) is 2.60. The van der Waals surface area contributed by atoms with E-state index in [4.69, 9.17) is 4.74 Å². The summed E-state index contributed by atoms with van der Waals surface area (Å²) in [6.45, 7) is 0. The summed E-state index contributed by atoms with van der Waals surface area (Å²) in [6.07, 6.45) is 0. The van der Waals surface area contributed by atoms with E-state index in [2.05, 4.69) is 15.3 Å². The summed E-state index contributed by atoms with van der Waals surface area (Å²) < 4.78 is 31.5. The van der Waals surface area contributed by atoms with Crippen molar-refractivity contribution in [2.45, 2.75) is 0 Å². The molecule has 2 aromatic carbocycles. The van der Waals surface area contributed by atoms with E-state index in [1.807, 2.05) is 0 Å². The van der Waals surface area contributed by atoms with Crippen LogP contribution >= 0.6 is 0 Å². The molecule has 0 aliphatic rings. The van der Waals surface area contributed by atoms with Gasteiger partial charge in [-0.25, -0.2) is 13.8 Å². The maximum absolute atomic E-state index is 13.2. The van der Waals surface area contributed by atoms with Crippen LogP contribution < -0.4 is 15.6 Å². The number of benzene rings is 2. The standard InChI is InChI=1S/C15H11F2N3O2/c1-22-12-4-2-3-11-13(12)14(21)20-15(19-11)18-10-6-8(16)5-9(17)7-10/h2-7H,1H3,(H2,18,19,20,21). The average molecular weight is 303 g/mol. The number of hydrogen-bond donors (Lipinski definition) is 2. The minimum atomic E-state index is -0.729. The van der Waals surface area contributed by atoms with Crippen LogP contribution in [0, 0.1) is 11.6 Å². The van der Waals surface area contributed by atoms with Crippen LogP contribution in [0.5, 0.6) is 5.75 Å². The fraction of sp³-hybridized carbons (Fsp3) is 0.0667. The second-order valence-corrected chi connectivity index (χ2v) is 4.55. The zero-order valence-electron chi connectivity index (χ0n) is 11.5. The Morgan fingerprint density at radius 3 is 2.59 bits per heavy atom. The molecule has 1 aromatic heterocycles. The van der Waals surface area contributed by atoms with Crippen LogP contribution in [0.1, 0.15) is 0 Å². The molecule has 3 aromatic rings. The lowest BCUT2D eigenvalue weighted by atomic mass is 10.2. The number of hydrogen-bond acceptors (Lipinski definition) is 4. The highest BCUT2D eigenvalue weighted by atomic mass is 19.1. The molecule has 1 heterocycles. The van der Waals surface area contributed by atoms with Gasteiger partial charge in [0.25, 0.3) is 5.56 Å². The summed E-state index contributed by atoms with van der Waals surface area (Å²) in [4.78, 5) is 18.9. The van der Waals surface area contributed by atoms with E-state index in [9.17, 15) is 13.6 Å². The van der Waals surface area contributed by atoms with Gasteiger partial charge in [0, 0.05) is 11.8 Å². The van der Waals surface area contributed by atoms with Gasteiger partial charge >= 0.3 is 0 Å². The molecule has 0 bridgehead atoms. The van der Waals surface area contributed by atoms with E-state index >= 15 is 0 Å². The van der Waals surface area contributed by atoms with Crippen molar-refractivity contribution in [3.8, 4) is 5.75 Å². The van der Waals surface area contributed by atoms with Gasteiger partial charge in [-0.2, -0.15) is 0 Å². The molecule has 112 valence electrons. The number of methoxy groups -OCH3 is 1. The minimum Gasteiger partial charge on any atom is -0.496 e. The van der Waals surface area contributed by atoms with Crippen LogP contribution in [0.15, 0.2) is 41.2 Å². The second-order valence-electron chi connectivity index (χ2n) is 4.55. The molecule has 0 aliphatic heterocycles. The predicted molar refractivity (Wildman–Crippen MR) is 78.6 cm³/mol. The van der Waals surface area contributed by atoms with Gasteiger partial charge in [0.1, 0.15) is 22.8 Å². The van der Waals surface area contributed by atoms with Crippen LogP contribution in [0.4, 0.5) is 20.4 Å². The Labute approximate surface area is 123 Å². The summed E-state index contributed by atoms with van der Waals surface area (Å²) in [5, 5.41) is 2.97. The fourth-order valence-corrected chi connectivity index (χ4v) is 2.15. The lowest BCUT2D eigenvalue weighted by Gasteiger charge is -2.08. The number of nitrogens with zero attached hydrogens (tertiary/aromatic N) is 1. The normalized spacial score (nSPS) is 10.7. The number of aromatic nitrogens is 2. The maximum atomic E-state index is 13.2. The van der Waals surface area contributed by atoms with E-state index in [-0.39, 0.29) is 11.6 Å². The lowest BCUT2D eigenvalue weighted by Crippen LogP contribution is -2.12. The summed E-state index contributed by atoms with van der Waals surface area (Å²) in [5.41, 5.74) is 0.132. The number of rotatable bonds is 3. The number of nitrogens with one attached hydrogen (secondary N) is 2. The van der Waals surface area contributed by atoms with Gasteiger partial charge in [-0.15, -0.1) is 0 Å². The van der Waals surface area contributed by atoms with Crippen molar-refractivity contribution < 1.29 is 13.5 Å². The van der Waals surface area contributed by atoms with Gasteiger partial charge in [0.05, 0.1) is 12.6 Å². The van der Waals surface area contributed by atoms with Crippen LogP contribution in [0.3, 0.4) is 0 Å². The number of ether oxygens (including phenoxy) is 1. The van der Waals surface area contributed by atoms with Crippen molar-refractivity contribution in [1.82, 2.24) is 9.97 Å². The van der Waals surface area contributed by atoms with E-state index in [0.717, 1.165) is 18.2 Å². The topological polar surface area (TPSA) is 67.0 Å². The Kier molecular flexibility index (Phi) is 3.46. The Hall–Kier alpha value is -2.96. The first-order chi connectivity index (χ1) is 10.6. The molecule has 22 heavy (non-hydrogen) atoms. The van der Waals surface area contributed by atoms with Crippen molar-refractivity contribution >= 4 is 22.5 Å². The highest BCUT2D eigenvalue weighted by Gasteiger charge is 2.09. The molecule has 0 saturated carbocycles. The van der Waals surface area contributed by atoms with Crippen molar-refractivity contribution in [2.75, 3.05) is 12.4 Å². The van der Waals surface area contributed by atoms with Crippen molar-refractivity contribution in [2.24, 2.45) is 0 Å². The predicted octanol–water partition coefficient (Wildman–Crippen LogP) is 2.95. The van der Waals surface area contributed by atoms with Gasteiger partial charge in [-0.3, -0.25) is 9.78 Å². The molecule has 0 amide bonds. The van der Waals surface area contributed by atoms with Crippen molar-refractivity contribution in [3.63, 3.8) is 0 Å². The van der Waals surface area contributed by atoms with E-state index < -0.39 is 17.2 Å². The Balaban J connectivity index is 2.07. The third-order valence-electron chi connectivity index (χ3n) is 3.04. The first-order valence-electron chi connectivity index (χ1n) is 6.37. The average Bonchev–Trinajstić information content (AvgIpc) is 2.45. The zero-order chi connectivity index (χ0) is 15.7. The molecular formula is C15H11F2N3O2. The van der Waals surface area contributed by atoms with Gasteiger partial charge in [0.15, 0.2) is 0 Å². The summed E-state index contributed by atoms with van der Waals surface area (Å²) in [5.74, 6) is -0.982. The smallest absolute Gasteiger partial charge is 0.263 e. The number of H-pyrrole nitrogens is 1. The van der Waals surface area contributed by atoms with Gasteiger partial charge < -0.3 is 10.1 Å². The van der Waals surface area contributed by atoms with E-state index in [1.165, 1.54) is 7.11 Å². The highest BCUT2D eigenvalue weighted by Crippen LogP contribution is 2.22. The van der Waals surface area contributed by atoms with Crippen LogP contribution in [-0.4, -0.2) is 17.1 Å². The largest absolute Gasteiger partial charge is 0.496 e. The molecule has 0 atom stereocenters. The third-order valence-corrected chi connectivity index (χ3v) is 3.04. The molecule has 5 nitrogen and oxygen atoms in total. The Morgan fingerprint density at radius 2 is 1.91 bits per heavy atom.